The number of benzene rings is 1. The van der Waals surface area contributed by atoms with Crippen LogP contribution in [0, 0.1) is 27.7 Å². The molecule has 0 saturated heterocycles. The summed E-state index contributed by atoms with van der Waals surface area (Å²) < 4.78 is 5.28. The van der Waals surface area contributed by atoms with Gasteiger partial charge in [0.2, 0.25) is 0 Å². The molecule has 0 fully saturated rings. The quantitative estimate of drug-likeness (QED) is 0.717. The van der Waals surface area contributed by atoms with E-state index in [-0.39, 0.29) is 5.91 Å². The smallest absolute Gasteiger partial charge is 0.252 e. The van der Waals surface area contributed by atoms with E-state index in [9.17, 15) is 4.79 Å². The van der Waals surface area contributed by atoms with Gasteiger partial charge in [-0.05, 0) is 57.0 Å². The fourth-order valence-corrected chi connectivity index (χ4v) is 2.90. The molecule has 2 aromatic heterocycles. The minimum atomic E-state index is -0.153. The van der Waals surface area contributed by atoms with Crippen LogP contribution >= 0.6 is 0 Å². The summed E-state index contributed by atoms with van der Waals surface area (Å²) in [6, 6.07) is 7.90. The predicted octanol–water partition coefficient (Wildman–Crippen LogP) is 3.94. The first kappa shape index (κ1) is 18.6. The highest BCUT2D eigenvalue weighted by molar-refractivity contribution is 5.98. The number of carbonyl (C=O) groups is 1. The summed E-state index contributed by atoms with van der Waals surface area (Å²) in [6.07, 6.45) is 1.82. The van der Waals surface area contributed by atoms with Crippen molar-refractivity contribution in [2.24, 2.45) is 0 Å². The summed E-state index contributed by atoms with van der Waals surface area (Å²) in [6.45, 7) is 8.00. The second-order valence-corrected chi connectivity index (χ2v) is 6.63. The van der Waals surface area contributed by atoms with Gasteiger partial charge in [0.15, 0.2) is 5.76 Å². The van der Waals surface area contributed by atoms with Crippen LogP contribution in [0.4, 0.5) is 5.69 Å². The normalized spacial score (nSPS) is 10.7. The van der Waals surface area contributed by atoms with E-state index >= 15 is 0 Å². The van der Waals surface area contributed by atoms with Gasteiger partial charge in [0.1, 0.15) is 0 Å². The van der Waals surface area contributed by atoms with Crippen LogP contribution in [0.25, 0.3) is 11.1 Å². The van der Waals surface area contributed by atoms with Gasteiger partial charge in [-0.3, -0.25) is 9.78 Å². The van der Waals surface area contributed by atoms with Crippen LogP contribution in [0.2, 0.25) is 0 Å². The number of carbonyl (C=O) groups excluding carboxylic acids is 1. The molecule has 6 heteroatoms. The molecule has 0 spiro atoms. The average Bonchev–Trinajstić information content (AvgIpc) is 2.99. The molecule has 0 unspecified atom stereocenters. The Morgan fingerprint density at radius 2 is 1.85 bits per heavy atom. The lowest BCUT2D eigenvalue weighted by atomic mass is 9.98. The van der Waals surface area contributed by atoms with Gasteiger partial charge < -0.3 is 15.2 Å². The van der Waals surface area contributed by atoms with E-state index in [4.69, 9.17) is 4.52 Å². The van der Waals surface area contributed by atoms with Crippen LogP contribution in [0.5, 0.6) is 0 Å². The third kappa shape index (κ3) is 3.84. The molecule has 6 nitrogen and oxygen atoms in total. The van der Waals surface area contributed by atoms with Crippen molar-refractivity contribution < 1.29 is 9.32 Å². The number of pyridine rings is 1. The van der Waals surface area contributed by atoms with E-state index < -0.39 is 0 Å². The molecule has 0 radical (unpaired) electrons. The van der Waals surface area contributed by atoms with Gasteiger partial charge in [-0.15, -0.1) is 0 Å². The number of rotatable bonds is 5. The Balaban J connectivity index is 1.91. The number of aromatic nitrogens is 2. The lowest BCUT2D eigenvalue weighted by molar-refractivity contribution is 0.0946. The lowest BCUT2D eigenvalue weighted by Gasteiger charge is -2.14. The molecule has 2 heterocycles. The summed E-state index contributed by atoms with van der Waals surface area (Å²) in [4.78, 5) is 17.2. The molecule has 0 aliphatic carbocycles. The molecule has 1 aromatic carbocycles. The molecule has 140 valence electrons. The first-order chi connectivity index (χ1) is 12.9. The second-order valence-electron chi connectivity index (χ2n) is 6.63. The number of nitrogens with zero attached hydrogens (tertiary/aromatic N) is 2. The Labute approximate surface area is 159 Å². The molecule has 0 aliphatic rings. The molecule has 2 N–H and O–H groups in total. The standard InChI is InChI=1S/C21H24N4O2/c1-12-6-7-16(10-23-12)17-8-18(14(3)19(9-17)22-5)21(26)24-11-20-13(2)15(4)25-27-20/h6-10,22H,11H2,1-5H3,(H,24,26). The molecule has 0 saturated carbocycles. The average molecular weight is 364 g/mol. The lowest BCUT2D eigenvalue weighted by Crippen LogP contribution is -2.24. The molecule has 0 atom stereocenters. The summed E-state index contributed by atoms with van der Waals surface area (Å²) >= 11 is 0. The van der Waals surface area contributed by atoms with Gasteiger partial charge >= 0.3 is 0 Å². The van der Waals surface area contributed by atoms with Gasteiger partial charge in [0.05, 0.1) is 12.2 Å². The van der Waals surface area contributed by atoms with Crippen molar-refractivity contribution in [3.8, 4) is 11.1 Å². The minimum Gasteiger partial charge on any atom is -0.388 e. The maximum absolute atomic E-state index is 12.8. The Morgan fingerprint density at radius 1 is 1.07 bits per heavy atom. The highest BCUT2D eigenvalue weighted by atomic mass is 16.5. The van der Waals surface area contributed by atoms with Crippen molar-refractivity contribution in [3.63, 3.8) is 0 Å². The Kier molecular flexibility index (Phi) is 5.26. The molecular formula is C21H24N4O2. The Hall–Kier alpha value is -3.15. The Morgan fingerprint density at radius 3 is 2.44 bits per heavy atom. The zero-order valence-corrected chi connectivity index (χ0v) is 16.3. The summed E-state index contributed by atoms with van der Waals surface area (Å²) in [7, 11) is 1.85. The molecule has 0 bridgehead atoms. The topological polar surface area (TPSA) is 80.0 Å². The van der Waals surface area contributed by atoms with Crippen molar-refractivity contribution in [3.05, 3.63) is 64.3 Å². The van der Waals surface area contributed by atoms with Crippen LogP contribution in [0.15, 0.2) is 35.0 Å². The predicted molar refractivity (Wildman–Crippen MR) is 106 cm³/mol. The SMILES string of the molecule is CNc1cc(-c2ccc(C)nc2)cc(C(=O)NCc2onc(C)c2C)c1C. The molecule has 3 aromatic rings. The van der Waals surface area contributed by atoms with Crippen LogP contribution in [-0.2, 0) is 6.54 Å². The fourth-order valence-electron chi connectivity index (χ4n) is 2.90. The van der Waals surface area contributed by atoms with E-state index in [2.05, 4.69) is 20.8 Å². The zero-order valence-electron chi connectivity index (χ0n) is 16.3. The number of anilines is 1. The Bertz CT molecular complexity index is 975. The van der Waals surface area contributed by atoms with Crippen LogP contribution in [-0.4, -0.2) is 23.1 Å². The first-order valence-corrected chi connectivity index (χ1v) is 8.86. The maximum atomic E-state index is 12.8. The fraction of sp³-hybridized carbons (Fsp3) is 0.286. The van der Waals surface area contributed by atoms with Crippen molar-refractivity contribution >= 4 is 11.6 Å². The van der Waals surface area contributed by atoms with Crippen LogP contribution < -0.4 is 10.6 Å². The molecule has 1 amide bonds. The van der Waals surface area contributed by atoms with Crippen LogP contribution in [0.1, 0.15) is 38.6 Å². The van der Waals surface area contributed by atoms with E-state index in [0.29, 0.717) is 17.9 Å². The van der Waals surface area contributed by atoms with Gasteiger partial charge in [-0.2, -0.15) is 0 Å². The third-order valence-corrected chi connectivity index (χ3v) is 4.83. The number of hydrogen-bond donors (Lipinski definition) is 2. The highest BCUT2D eigenvalue weighted by Gasteiger charge is 2.16. The first-order valence-electron chi connectivity index (χ1n) is 8.86. The summed E-state index contributed by atoms with van der Waals surface area (Å²) in [5.74, 6) is 0.519. The van der Waals surface area contributed by atoms with Crippen molar-refractivity contribution in [1.29, 1.82) is 0 Å². The molecule has 27 heavy (non-hydrogen) atoms. The largest absolute Gasteiger partial charge is 0.388 e. The van der Waals surface area contributed by atoms with E-state index in [1.807, 2.05) is 65.2 Å². The molecule has 0 aliphatic heterocycles. The number of hydrogen-bond acceptors (Lipinski definition) is 5. The number of amides is 1. The molecule has 3 rings (SSSR count). The summed E-state index contributed by atoms with van der Waals surface area (Å²) in [5, 5.41) is 10.0. The van der Waals surface area contributed by atoms with Gasteiger partial charge in [-0.1, -0.05) is 11.2 Å². The van der Waals surface area contributed by atoms with Gasteiger partial charge in [0.25, 0.3) is 5.91 Å². The van der Waals surface area contributed by atoms with E-state index in [1.54, 1.807) is 0 Å². The van der Waals surface area contributed by atoms with E-state index in [1.165, 1.54) is 0 Å². The molecular weight excluding hydrogens is 340 g/mol. The van der Waals surface area contributed by atoms with Crippen molar-refractivity contribution in [2.75, 3.05) is 12.4 Å². The van der Waals surface area contributed by atoms with Gasteiger partial charge in [-0.25, -0.2) is 0 Å². The zero-order chi connectivity index (χ0) is 19.6. The van der Waals surface area contributed by atoms with Crippen LogP contribution in [0.3, 0.4) is 0 Å². The number of nitrogens with one attached hydrogen (secondary N) is 2. The number of aryl methyl sites for hydroxylation is 2. The monoisotopic (exact) mass is 364 g/mol. The maximum Gasteiger partial charge on any atom is 0.252 e. The van der Waals surface area contributed by atoms with Gasteiger partial charge in [0, 0.05) is 41.3 Å². The highest BCUT2D eigenvalue weighted by Crippen LogP contribution is 2.28. The van der Waals surface area contributed by atoms with Crippen molar-refractivity contribution in [1.82, 2.24) is 15.5 Å². The van der Waals surface area contributed by atoms with E-state index in [0.717, 1.165) is 39.3 Å². The third-order valence-electron chi connectivity index (χ3n) is 4.83. The minimum absolute atomic E-state index is 0.153. The second kappa shape index (κ2) is 7.61. The summed E-state index contributed by atoms with van der Waals surface area (Å²) in [5.41, 5.74) is 7.07. The van der Waals surface area contributed by atoms with Crippen molar-refractivity contribution in [2.45, 2.75) is 34.2 Å².